The summed E-state index contributed by atoms with van der Waals surface area (Å²) in [6, 6.07) is 7.81. The third-order valence-electron chi connectivity index (χ3n) is 3.76. The summed E-state index contributed by atoms with van der Waals surface area (Å²) in [5, 5.41) is 7.30. The number of nitrogens with one attached hydrogen (secondary N) is 1. The van der Waals surface area contributed by atoms with Gasteiger partial charge in [-0.15, -0.1) is 0 Å². The number of hydrogen-bond donors (Lipinski definition) is 1. The highest BCUT2D eigenvalue weighted by Crippen LogP contribution is 2.19. The minimum atomic E-state index is -0.290. The predicted octanol–water partition coefficient (Wildman–Crippen LogP) is 2.52. The van der Waals surface area contributed by atoms with Gasteiger partial charge in [0.15, 0.2) is 0 Å². The highest BCUT2D eigenvalue weighted by atomic mass is 16.2. The third-order valence-corrected chi connectivity index (χ3v) is 3.76. The van der Waals surface area contributed by atoms with Crippen LogP contribution in [0.2, 0.25) is 0 Å². The van der Waals surface area contributed by atoms with Crippen molar-refractivity contribution in [3.05, 3.63) is 53.3 Å². The lowest BCUT2D eigenvalue weighted by Gasteiger charge is -2.24. The van der Waals surface area contributed by atoms with Crippen molar-refractivity contribution in [2.45, 2.75) is 39.4 Å². The predicted molar refractivity (Wildman–Crippen MR) is 92.0 cm³/mol. The Kier molecular flexibility index (Phi) is 5.93. The molecule has 0 radical (unpaired) electrons. The van der Waals surface area contributed by atoms with E-state index < -0.39 is 0 Å². The third kappa shape index (κ3) is 4.66. The Morgan fingerprint density at radius 1 is 1.30 bits per heavy atom. The van der Waals surface area contributed by atoms with Gasteiger partial charge in [0.2, 0.25) is 5.91 Å². The number of carbonyl (C=O) groups excluding carboxylic acids is 1. The Balaban J connectivity index is 2.02. The second-order valence-electron chi connectivity index (χ2n) is 6.11. The molecule has 1 aromatic carbocycles. The number of likely N-dealkylation sites (N-methyl/N-ethyl adjacent to an activating group) is 1. The maximum Gasteiger partial charge on any atom is 0.242 e. The first kappa shape index (κ1) is 17.2. The zero-order valence-electron chi connectivity index (χ0n) is 14.4. The number of nitrogens with zero attached hydrogens (tertiary/aromatic N) is 3. The summed E-state index contributed by atoms with van der Waals surface area (Å²) in [4.78, 5) is 14.5. The molecule has 0 bridgehead atoms. The Labute approximate surface area is 138 Å². The van der Waals surface area contributed by atoms with E-state index in [1.165, 1.54) is 5.56 Å². The average molecular weight is 314 g/mol. The molecule has 1 N–H and O–H groups in total. The molecule has 0 saturated heterocycles. The van der Waals surface area contributed by atoms with Crippen LogP contribution in [0.5, 0.6) is 0 Å². The first-order valence-electron chi connectivity index (χ1n) is 8.03. The monoisotopic (exact) mass is 314 g/mol. The summed E-state index contributed by atoms with van der Waals surface area (Å²) < 4.78 is 1.91. The second-order valence-corrected chi connectivity index (χ2v) is 6.11. The van der Waals surface area contributed by atoms with E-state index in [2.05, 4.69) is 17.3 Å². The molecule has 124 valence electrons. The maximum absolute atomic E-state index is 12.6. The van der Waals surface area contributed by atoms with Crippen LogP contribution < -0.4 is 5.32 Å². The minimum Gasteiger partial charge on any atom is -0.350 e. The summed E-state index contributed by atoms with van der Waals surface area (Å²) >= 11 is 0. The van der Waals surface area contributed by atoms with E-state index in [0.717, 1.165) is 24.1 Å². The topological polar surface area (TPSA) is 50.2 Å². The van der Waals surface area contributed by atoms with Crippen LogP contribution in [0, 0.1) is 6.92 Å². The van der Waals surface area contributed by atoms with E-state index in [1.54, 1.807) is 0 Å². The van der Waals surface area contributed by atoms with Crippen molar-refractivity contribution in [3.8, 4) is 0 Å². The van der Waals surface area contributed by atoms with Crippen molar-refractivity contribution < 1.29 is 4.79 Å². The Bertz CT molecular complexity index is 631. The lowest BCUT2D eigenvalue weighted by molar-refractivity contribution is -0.125. The van der Waals surface area contributed by atoms with E-state index in [4.69, 9.17) is 0 Å². The fourth-order valence-corrected chi connectivity index (χ4v) is 2.57. The minimum absolute atomic E-state index is 0.00194. The van der Waals surface area contributed by atoms with Gasteiger partial charge in [0.25, 0.3) is 0 Å². The number of rotatable bonds is 7. The number of aryl methyl sites for hydroxylation is 2. The van der Waals surface area contributed by atoms with E-state index in [9.17, 15) is 4.79 Å². The van der Waals surface area contributed by atoms with Gasteiger partial charge in [-0.2, -0.15) is 5.10 Å². The summed E-state index contributed by atoms with van der Waals surface area (Å²) in [6.45, 7) is 5.56. The second kappa shape index (κ2) is 7.92. The van der Waals surface area contributed by atoms with Gasteiger partial charge in [0.05, 0.1) is 6.20 Å². The smallest absolute Gasteiger partial charge is 0.242 e. The molecular formula is C18H26N4O. The first-order valence-corrected chi connectivity index (χ1v) is 8.03. The number of amides is 1. The van der Waals surface area contributed by atoms with Crippen LogP contribution in [0.1, 0.15) is 36.1 Å². The van der Waals surface area contributed by atoms with Gasteiger partial charge in [0, 0.05) is 24.8 Å². The quantitative estimate of drug-likeness (QED) is 0.854. The highest BCUT2D eigenvalue weighted by molar-refractivity contribution is 5.83. The molecule has 2 rings (SSSR count). The van der Waals surface area contributed by atoms with Crippen LogP contribution in [0.25, 0.3) is 0 Å². The van der Waals surface area contributed by atoms with Gasteiger partial charge in [-0.05, 0) is 33.0 Å². The summed E-state index contributed by atoms with van der Waals surface area (Å²) in [5.74, 6) is 0.00194. The molecule has 1 amide bonds. The van der Waals surface area contributed by atoms with E-state index in [1.807, 2.05) is 67.3 Å². The van der Waals surface area contributed by atoms with Crippen LogP contribution in [-0.2, 0) is 17.9 Å². The molecule has 1 unspecified atom stereocenters. The van der Waals surface area contributed by atoms with Crippen molar-refractivity contribution in [1.29, 1.82) is 0 Å². The Morgan fingerprint density at radius 2 is 2.00 bits per heavy atom. The normalized spacial score (nSPS) is 12.4. The molecule has 0 saturated carbocycles. The number of benzene rings is 1. The van der Waals surface area contributed by atoms with E-state index >= 15 is 0 Å². The van der Waals surface area contributed by atoms with Crippen LogP contribution >= 0.6 is 0 Å². The van der Waals surface area contributed by atoms with E-state index in [0.29, 0.717) is 6.54 Å². The molecule has 5 nitrogen and oxygen atoms in total. The molecule has 5 heteroatoms. The number of aromatic nitrogens is 2. The van der Waals surface area contributed by atoms with Crippen molar-refractivity contribution in [2.75, 3.05) is 14.1 Å². The van der Waals surface area contributed by atoms with Gasteiger partial charge in [-0.3, -0.25) is 14.4 Å². The van der Waals surface area contributed by atoms with Gasteiger partial charge >= 0.3 is 0 Å². The van der Waals surface area contributed by atoms with Crippen molar-refractivity contribution in [3.63, 3.8) is 0 Å². The fourth-order valence-electron chi connectivity index (χ4n) is 2.57. The molecule has 0 aliphatic carbocycles. The Hall–Kier alpha value is -2.14. The van der Waals surface area contributed by atoms with Crippen LogP contribution in [0.4, 0.5) is 0 Å². The van der Waals surface area contributed by atoms with Crippen LogP contribution in [-0.4, -0.2) is 34.7 Å². The van der Waals surface area contributed by atoms with Crippen LogP contribution in [0.15, 0.2) is 36.7 Å². The van der Waals surface area contributed by atoms with Crippen LogP contribution in [0.3, 0.4) is 0 Å². The lowest BCUT2D eigenvalue weighted by Crippen LogP contribution is -2.36. The molecule has 0 aliphatic rings. The van der Waals surface area contributed by atoms with Gasteiger partial charge in [-0.25, -0.2) is 0 Å². The summed E-state index contributed by atoms with van der Waals surface area (Å²) in [6.07, 6.45) is 4.84. The van der Waals surface area contributed by atoms with Gasteiger partial charge in [-0.1, -0.05) is 36.8 Å². The van der Waals surface area contributed by atoms with E-state index in [-0.39, 0.29) is 11.9 Å². The summed E-state index contributed by atoms with van der Waals surface area (Å²) in [5.41, 5.74) is 3.21. The van der Waals surface area contributed by atoms with Crippen molar-refractivity contribution in [1.82, 2.24) is 20.0 Å². The highest BCUT2D eigenvalue weighted by Gasteiger charge is 2.22. The molecule has 0 fully saturated rings. The molecule has 2 aromatic rings. The number of carbonyl (C=O) groups is 1. The molecule has 1 atom stereocenters. The molecule has 1 heterocycles. The molecule has 0 aliphatic heterocycles. The van der Waals surface area contributed by atoms with Crippen molar-refractivity contribution >= 4 is 5.91 Å². The summed E-state index contributed by atoms with van der Waals surface area (Å²) in [7, 11) is 3.84. The lowest BCUT2D eigenvalue weighted by atomic mass is 10.0. The van der Waals surface area contributed by atoms with Gasteiger partial charge < -0.3 is 5.32 Å². The van der Waals surface area contributed by atoms with Gasteiger partial charge in [0.1, 0.15) is 6.04 Å². The molecule has 1 aromatic heterocycles. The number of hydrogen-bond acceptors (Lipinski definition) is 3. The molecule has 0 spiro atoms. The van der Waals surface area contributed by atoms with Crippen molar-refractivity contribution in [2.24, 2.45) is 0 Å². The Morgan fingerprint density at radius 3 is 2.61 bits per heavy atom. The first-order chi connectivity index (χ1) is 11.0. The SMILES string of the molecule is CCCn1cc(CNC(=O)C(c2ccc(C)cc2)N(C)C)cn1. The maximum atomic E-state index is 12.6. The molecular weight excluding hydrogens is 288 g/mol. The molecule has 23 heavy (non-hydrogen) atoms. The standard InChI is InChI=1S/C18H26N4O/c1-5-10-22-13-15(12-20-22)11-19-18(23)17(21(3)4)16-8-6-14(2)7-9-16/h6-9,12-13,17H,5,10-11H2,1-4H3,(H,19,23). The fraction of sp³-hybridized carbons (Fsp3) is 0.444. The zero-order valence-corrected chi connectivity index (χ0v) is 14.4. The zero-order chi connectivity index (χ0) is 16.8. The largest absolute Gasteiger partial charge is 0.350 e. The average Bonchev–Trinajstić information content (AvgIpc) is 2.95.